The van der Waals surface area contributed by atoms with Crippen LogP contribution in [-0.4, -0.2) is 9.13 Å². The number of unbranched alkanes of at least 4 members (excludes halogenated alkanes) is 10. The van der Waals surface area contributed by atoms with Gasteiger partial charge < -0.3 is 0 Å². The Kier molecular flexibility index (Phi) is 9.17. The molecule has 1 aromatic carbocycles. The quantitative estimate of drug-likeness (QED) is 0.222. The van der Waals surface area contributed by atoms with Gasteiger partial charge in [0.1, 0.15) is 0 Å². The largest absolute Gasteiger partial charge is 0.0739 e. The van der Waals surface area contributed by atoms with E-state index in [0.29, 0.717) is 14.5 Å². The lowest BCUT2D eigenvalue weighted by molar-refractivity contribution is 0.382. The second kappa shape index (κ2) is 11.8. The predicted octanol–water partition coefficient (Wildman–Crippen LogP) is 7.48. The van der Waals surface area contributed by atoms with Crippen molar-refractivity contribution in [2.24, 2.45) is 5.41 Å². The minimum absolute atomic E-state index is 0.291. The van der Waals surface area contributed by atoms with Crippen LogP contribution in [0.4, 0.5) is 0 Å². The van der Waals surface area contributed by atoms with E-state index in [9.17, 15) is 0 Å². The average molecular weight is 407 g/mol. The lowest BCUT2D eigenvalue weighted by atomic mass is 9.69. The zero-order valence-corrected chi connectivity index (χ0v) is 20.2. The van der Waals surface area contributed by atoms with Gasteiger partial charge in [-0.05, 0) is 33.6 Å². The molecule has 0 radical (unpaired) electrons. The molecular formula is C28H42Si. The fourth-order valence-corrected chi connectivity index (χ4v) is 7.07. The van der Waals surface area contributed by atoms with Crippen molar-refractivity contribution in [1.29, 1.82) is 0 Å². The van der Waals surface area contributed by atoms with Gasteiger partial charge in [0.25, 0.3) is 0 Å². The van der Waals surface area contributed by atoms with E-state index in [0.717, 1.165) is 0 Å². The summed E-state index contributed by atoms with van der Waals surface area (Å²) < 4.78 is 0. The summed E-state index contributed by atoms with van der Waals surface area (Å²) in [5, 5.41) is 3.28. The number of benzene rings is 1. The molecule has 0 unspecified atom stereocenters. The van der Waals surface area contributed by atoms with E-state index in [1.807, 2.05) is 0 Å². The van der Waals surface area contributed by atoms with Crippen molar-refractivity contribution in [2.75, 3.05) is 0 Å². The lowest BCUT2D eigenvalue weighted by Crippen LogP contribution is -2.27. The summed E-state index contributed by atoms with van der Waals surface area (Å²) in [7, 11) is 0.291. The predicted molar refractivity (Wildman–Crippen MR) is 131 cm³/mol. The molecule has 158 valence electrons. The second-order valence-corrected chi connectivity index (χ2v) is 10.8. The van der Waals surface area contributed by atoms with Crippen LogP contribution in [0.5, 0.6) is 0 Å². The van der Waals surface area contributed by atoms with Crippen molar-refractivity contribution in [3.8, 4) is 0 Å². The first-order valence-electron chi connectivity index (χ1n) is 12.5. The normalized spacial score (nSPS) is 16.3. The Balaban J connectivity index is 1.73. The third-order valence-corrected chi connectivity index (χ3v) is 8.58. The summed E-state index contributed by atoms with van der Waals surface area (Å²) in [5.41, 5.74) is 2.03. The van der Waals surface area contributed by atoms with Crippen LogP contribution in [-0.2, 0) is 0 Å². The van der Waals surface area contributed by atoms with E-state index < -0.39 is 0 Å². The molecule has 0 saturated heterocycles. The topological polar surface area (TPSA) is 0 Å². The first-order chi connectivity index (χ1) is 14.3. The van der Waals surface area contributed by atoms with Gasteiger partial charge in [0.15, 0.2) is 0 Å². The number of rotatable bonds is 14. The third-order valence-electron chi connectivity index (χ3n) is 6.97. The van der Waals surface area contributed by atoms with Gasteiger partial charge in [-0.2, -0.15) is 0 Å². The molecule has 0 atom stereocenters. The highest BCUT2D eigenvalue weighted by atomic mass is 28.2. The highest BCUT2D eigenvalue weighted by Gasteiger charge is 2.35. The summed E-state index contributed by atoms with van der Waals surface area (Å²) in [6.45, 7) is 4.62. The molecule has 0 bridgehead atoms. The van der Waals surface area contributed by atoms with Gasteiger partial charge in [-0.1, -0.05) is 133 Å². The Morgan fingerprint density at radius 2 is 1.31 bits per heavy atom. The molecule has 3 rings (SSSR count). The molecule has 1 aliphatic carbocycles. The van der Waals surface area contributed by atoms with Gasteiger partial charge in [-0.25, -0.2) is 0 Å². The summed E-state index contributed by atoms with van der Waals surface area (Å²) >= 11 is 0. The summed E-state index contributed by atoms with van der Waals surface area (Å²) in [5.74, 6) is 0. The minimum atomic E-state index is 0.291. The van der Waals surface area contributed by atoms with Crippen LogP contribution >= 0.6 is 0 Å². The van der Waals surface area contributed by atoms with E-state index in [4.69, 9.17) is 0 Å². The van der Waals surface area contributed by atoms with Crippen molar-refractivity contribution in [3.63, 3.8) is 0 Å². The van der Waals surface area contributed by atoms with E-state index in [1.54, 1.807) is 20.8 Å². The fraction of sp³-hybridized carbons (Fsp3) is 0.607. The van der Waals surface area contributed by atoms with Gasteiger partial charge in [0.05, 0.1) is 0 Å². The Bertz CT molecular complexity index is 795. The van der Waals surface area contributed by atoms with E-state index in [1.165, 1.54) is 89.9 Å². The molecule has 0 aromatic heterocycles. The average Bonchev–Trinajstić information content (AvgIpc) is 3.13. The molecule has 1 heterocycles. The van der Waals surface area contributed by atoms with Crippen LogP contribution in [0.3, 0.4) is 0 Å². The van der Waals surface area contributed by atoms with E-state index in [2.05, 4.69) is 56.3 Å². The molecule has 0 N–H and O–H groups in total. The first-order valence-corrected chi connectivity index (χ1v) is 13.7. The van der Waals surface area contributed by atoms with Crippen LogP contribution in [0, 0.1) is 10.2 Å². The summed E-state index contributed by atoms with van der Waals surface area (Å²) in [6, 6.07) is 9.29. The van der Waals surface area contributed by atoms with Crippen molar-refractivity contribution < 1.29 is 0 Å². The third kappa shape index (κ3) is 5.91. The number of hydrogen-bond acceptors (Lipinski definition) is 0. The number of fused-ring (bicyclic) bond motifs is 2. The number of allylic oxidation sites excluding steroid dienone is 4. The monoisotopic (exact) mass is 406 g/mol. The summed E-state index contributed by atoms with van der Waals surface area (Å²) in [6.07, 6.45) is 26.9. The van der Waals surface area contributed by atoms with E-state index >= 15 is 0 Å². The Hall–Kier alpha value is -1.21. The van der Waals surface area contributed by atoms with Crippen LogP contribution in [0.1, 0.15) is 104 Å². The SMILES string of the molecule is CCCCCCCCC1(CCCCCCCC)C=CC=C2[SiH]=c3ccccc3=C21. The molecule has 1 aromatic rings. The highest BCUT2D eigenvalue weighted by molar-refractivity contribution is 6.44. The van der Waals surface area contributed by atoms with Gasteiger partial charge in [0, 0.05) is 14.5 Å². The fourth-order valence-electron chi connectivity index (χ4n) is 5.34. The maximum Gasteiger partial charge on any atom is 0.0397 e. The molecule has 0 saturated carbocycles. The zero-order chi connectivity index (χ0) is 20.4. The molecule has 1 heteroatoms. The Morgan fingerprint density at radius 3 is 1.97 bits per heavy atom. The molecule has 0 fully saturated rings. The van der Waals surface area contributed by atoms with Crippen molar-refractivity contribution in [1.82, 2.24) is 0 Å². The van der Waals surface area contributed by atoms with E-state index in [-0.39, 0.29) is 0 Å². The minimum Gasteiger partial charge on any atom is -0.0739 e. The molecule has 1 aliphatic heterocycles. The van der Waals surface area contributed by atoms with Crippen LogP contribution in [0.25, 0.3) is 5.57 Å². The maximum atomic E-state index is 2.60. The van der Waals surface area contributed by atoms with Gasteiger partial charge in [-0.3, -0.25) is 0 Å². The van der Waals surface area contributed by atoms with Crippen LogP contribution < -0.4 is 5.22 Å². The van der Waals surface area contributed by atoms with Crippen molar-refractivity contribution >= 4 is 14.7 Å². The Morgan fingerprint density at radius 1 is 0.724 bits per heavy atom. The number of hydrogen-bond donors (Lipinski definition) is 0. The molecule has 0 nitrogen and oxygen atoms in total. The van der Waals surface area contributed by atoms with Crippen LogP contribution in [0.15, 0.2) is 47.7 Å². The maximum absolute atomic E-state index is 2.60. The first kappa shape index (κ1) is 22.5. The zero-order valence-electron chi connectivity index (χ0n) is 19.0. The molecule has 2 aliphatic rings. The lowest BCUT2D eigenvalue weighted by Gasteiger charge is -2.36. The smallest absolute Gasteiger partial charge is 0.0397 e. The highest BCUT2D eigenvalue weighted by Crippen LogP contribution is 2.46. The van der Waals surface area contributed by atoms with Gasteiger partial charge in [-0.15, -0.1) is 0 Å². The molecule has 29 heavy (non-hydrogen) atoms. The van der Waals surface area contributed by atoms with Crippen LogP contribution in [0.2, 0.25) is 0 Å². The van der Waals surface area contributed by atoms with Gasteiger partial charge in [0.2, 0.25) is 0 Å². The second-order valence-electron chi connectivity index (χ2n) is 9.28. The van der Waals surface area contributed by atoms with Crippen molar-refractivity contribution in [2.45, 2.75) is 104 Å². The van der Waals surface area contributed by atoms with Gasteiger partial charge >= 0.3 is 0 Å². The standard InChI is InChI=1S/C28H42Si/c1-3-5-7-9-11-15-21-28(22-16-12-10-8-6-4-2)23-17-20-26-27(28)24-18-13-14-19-25(24)29-26/h13-14,17-20,23,29H,3-12,15-16,21-22H2,1-2H3. The molecular weight excluding hydrogens is 364 g/mol. The molecule has 0 spiro atoms. The van der Waals surface area contributed by atoms with Crippen molar-refractivity contribution in [3.05, 3.63) is 57.7 Å². The Labute approximate surface area is 181 Å². The summed E-state index contributed by atoms with van der Waals surface area (Å²) in [4.78, 5) is 1.63. The molecule has 0 amide bonds.